The Bertz CT molecular complexity index is 248. The number of hydrogen-bond donors (Lipinski definition) is 0. The maximum atomic E-state index is 11.6. The Labute approximate surface area is 112 Å². The average molecular weight is 251 g/mol. The Morgan fingerprint density at radius 2 is 1.61 bits per heavy atom. The Hall–Kier alpha value is -0.370. The highest BCUT2D eigenvalue weighted by molar-refractivity contribution is 5.80. The molecular weight excluding hydrogens is 222 g/mol. The molecule has 0 aromatic heterocycles. The van der Waals surface area contributed by atoms with Gasteiger partial charge in [-0.2, -0.15) is 0 Å². The minimum absolute atomic E-state index is 0.517. The number of unbranched alkanes of at least 4 members (excludes halogenated alkanes) is 5. The zero-order chi connectivity index (χ0) is 12.8. The van der Waals surface area contributed by atoms with Gasteiger partial charge in [0.05, 0.1) is 0 Å². The molecule has 2 unspecified atom stereocenters. The van der Waals surface area contributed by atoms with Gasteiger partial charge in [-0.1, -0.05) is 45.4 Å². The first-order valence-corrected chi connectivity index (χ1v) is 8.08. The minimum atomic E-state index is 0.517. The normalized spacial score (nSPS) is 28.6. The van der Waals surface area contributed by atoms with Gasteiger partial charge in [-0.3, -0.25) is 9.69 Å². The molecule has 0 amide bonds. The van der Waals surface area contributed by atoms with Crippen LogP contribution in [0.1, 0.15) is 77.6 Å². The molecule has 2 nitrogen and oxygen atoms in total. The maximum Gasteiger partial charge on any atom is 0.136 e. The summed E-state index contributed by atoms with van der Waals surface area (Å²) in [6.45, 7) is 3.51. The van der Waals surface area contributed by atoms with Gasteiger partial charge in [-0.05, 0) is 25.8 Å². The lowest BCUT2D eigenvalue weighted by Crippen LogP contribution is -2.52. The summed E-state index contributed by atoms with van der Waals surface area (Å²) in [5.41, 5.74) is 0. The molecule has 2 rings (SSSR count). The van der Waals surface area contributed by atoms with Gasteiger partial charge in [0.1, 0.15) is 5.78 Å². The van der Waals surface area contributed by atoms with Crippen molar-refractivity contribution in [2.24, 2.45) is 0 Å². The van der Waals surface area contributed by atoms with E-state index in [9.17, 15) is 4.79 Å². The van der Waals surface area contributed by atoms with E-state index in [2.05, 4.69) is 11.8 Å². The van der Waals surface area contributed by atoms with Crippen molar-refractivity contribution in [3.05, 3.63) is 0 Å². The lowest BCUT2D eigenvalue weighted by atomic mass is 9.83. The minimum Gasteiger partial charge on any atom is -0.300 e. The first-order valence-electron chi connectivity index (χ1n) is 8.08. The van der Waals surface area contributed by atoms with Crippen LogP contribution in [-0.2, 0) is 4.79 Å². The molecule has 18 heavy (non-hydrogen) atoms. The van der Waals surface area contributed by atoms with Crippen LogP contribution in [0, 0.1) is 0 Å². The van der Waals surface area contributed by atoms with Gasteiger partial charge in [0.25, 0.3) is 0 Å². The SMILES string of the molecule is CCCCCCCCN1C2CCCC1CC(=O)C2. The Morgan fingerprint density at radius 3 is 2.28 bits per heavy atom. The molecule has 2 bridgehead atoms. The summed E-state index contributed by atoms with van der Waals surface area (Å²) in [5.74, 6) is 0.517. The fourth-order valence-corrected chi connectivity index (χ4v) is 3.71. The summed E-state index contributed by atoms with van der Waals surface area (Å²) >= 11 is 0. The standard InChI is InChI=1S/C16H29NO/c1-2-3-4-5-6-7-11-17-14-9-8-10-15(17)13-16(18)12-14/h14-15H,2-13H2,1H3. The van der Waals surface area contributed by atoms with E-state index >= 15 is 0 Å². The van der Waals surface area contributed by atoms with E-state index in [0.717, 1.165) is 12.8 Å². The van der Waals surface area contributed by atoms with Crippen LogP contribution >= 0.6 is 0 Å². The molecule has 2 fully saturated rings. The molecule has 104 valence electrons. The number of fused-ring (bicyclic) bond motifs is 2. The van der Waals surface area contributed by atoms with Gasteiger partial charge in [-0.15, -0.1) is 0 Å². The fraction of sp³-hybridized carbons (Fsp3) is 0.938. The van der Waals surface area contributed by atoms with Gasteiger partial charge in [0.2, 0.25) is 0 Å². The lowest BCUT2D eigenvalue weighted by Gasteiger charge is -2.45. The van der Waals surface area contributed by atoms with Crippen LogP contribution in [0.4, 0.5) is 0 Å². The van der Waals surface area contributed by atoms with Gasteiger partial charge < -0.3 is 0 Å². The summed E-state index contributed by atoms with van der Waals surface area (Å²) in [6.07, 6.45) is 13.8. The first-order chi connectivity index (χ1) is 8.81. The summed E-state index contributed by atoms with van der Waals surface area (Å²) in [6, 6.07) is 1.20. The van der Waals surface area contributed by atoms with E-state index < -0.39 is 0 Å². The average Bonchev–Trinajstić information content (AvgIpc) is 2.34. The number of carbonyl (C=O) groups excluding carboxylic acids is 1. The van der Waals surface area contributed by atoms with Crippen molar-refractivity contribution in [3.63, 3.8) is 0 Å². The fourth-order valence-electron chi connectivity index (χ4n) is 3.71. The number of Topliss-reactive ketones (excluding diaryl/α,β-unsaturated/α-hetero) is 1. The van der Waals surface area contributed by atoms with Crippen molar-refractivity contribution in [2.75, 3.05) is 6.54 Å². The van der Waals surface area contributed by atoms with Gasteiger partial charge in [-0.25, -0.2) is 0 Å². The number of rotatable bonds is 7. The van der Waals surface area contributed by atoms with Crippen LogP contribution in [0.25, 0.3) is 0 Å². The van der Waals surface area contributed by atoms with Gasteiger partial charge in [0.15, 0.2) is 0 Å². The monoisotopic (exact) mass is 251 g/mol. The maximum absolute atomic E-state index is 11.6. The highest BCUT2D eigenvalue weighted by Gasteiger charge is 2.36. The van der Waals surface area contributed by atoms with E-state index in [-0.39, 0.29) is 0 Å². The zero-order valence-corrected chi connectivity index (χ0v) is 12.0. The third-order valence-corrected chi connectivity index (χ3v) is 4.71. The van der Waals surface area contributed by atoms with Crippen molar-refractivity contribution >= 4 is 5.78 Å². The van der Waals surface area contributed by atoms with E-state index in [1.165, 1.54) is 64.3 Å². The van der Waals surface area contributed by atoms with Crippen molar-refractivity contribution < 1.29 is 4.79 Å². The van der Waals surface area contributed by atoms with Crippen LogP contribution in [0.3, 0.4) is 0 Å². The van der Waals surface area contributed by atoms with E-state index in [1.807, 2.05) is 0 Å². The van der Waals surface area contributed by atoms with Crippen molar-refractivity contribution in [2.45, 2.75) is 89.6 Å². The van der Waals surface area contributed by atoms with Crippen LogP contribution in [0.15, 0.2) is 0 Å². The van der Waals surface area contributed by atoms with Gasteiger partial charge >= 0.3 is 0 Å². The molecule has 2 aliphatic rings. The van der Waals surface area contributed by atoms with Crippen LogP contribution in [-0.4, -0.2) is 29.3 Å². The first kappa shape index (κ1) is 14.0. The molecule has 2 heterocycles. The zero-order valence-electron chi connectivity index (χ0n) is 12.0. The third kappa shape index (κ3) is 3.81. The molecule has 0 aliphatic carbocycles. The molecule has 0 saturated carbocycles. The van der Waals surface area contributed by atoms with E-state index in [4.69, 9.17) is 0 Å². The molecule has 0 aromatic carbocycles. The Kier molecular flexibility index (Phi) is 5.68. The van der Waals surface area contributed by atoms with Gasteiger partial charge in [0, 0.05) is 24.9 Å². The number of piperidine rings is 2. The molecule has 0 radical (unpaired) electrons. The third-order valence-electron chi connectivity index (χ3n) is 4.71. The van der Waals surface area contributed by atoms with Crippen molar-refractivity contribution in [1.29, 1.82) is 0 Å². The molecular formula is C16H29NO. The molecule has 2 atom stereocenters. The van der Waals surface area contributed by atoms with Crippen molar-refractivity contribution in [3.8, 4) is 0 Å². The van der Waals surface area contributed by atoms with Crippen LogP contribution < -0.4 is 0 Å². The predicted molar refractivity (Wildman–Crippen MR) is 75.8 cm³/mol. The Balaban J connectivity index is 1.67. The number of carbonyl (C=O) groups is 1. The topological polar surface area (TPSA) is 20.3 Å². The Morgan fingerprint density at radius 1 is 1.00 bits per heavy atom. The number of nitrogens with zero attached hydrogens (tertiary/aromatic N) is 1. The summed E-state index contributed by atoms with van der Waals surface area (Å²) in [7, 11) is 0. The van der Waals surface area contributed by atoms with E-state index in [0.29, 0.717) is 17.9 Å². The second kappa shape index (κ2) is 7.28. The van der Waals surface area contributed by atoms with Crippen LogP contribution in [0.2, 0.25) is 0 Å². The summed E-state index contributed by atoms with van der Waals surface area (Å²) in [4.78, 5) is 14.3. The molecule has 0 aromatic rings. The smallest absolute Gasteiger partial charge is 0.136 e. The summed E-state index contributed by atoms with van der Waals surface area (Å²) < 4.78 is 0. The lowest BCUT2D eigenvalue weighted by molar-refractivity contribution is -0.127. The predicted octanol–water partition coefficient (Wildman–Crippen LogP) is 3.93. The molecule has 2 aliphatic heterocycles. The number of ketones is 1. The molecule has 2 saturated heterocycles. The van der Waals surface area contributed by atoms with E-state index in [1.54, 1.807) is 0 Å². The number of hydrogen-bond acceptors (Lipinski definition) is 2. The molecule has 0 N–H and O–H groups in total. The largest absolute Gasteiger partial charge is 0.300 e. The van der Waals surface area contributed by atoms with Crippen molar-refractivity contribution in [1.82, 2.24) is 4.90 Å². The quantitative estimate of drug-likeness (QED) is 0.639. The summed E-state index contributed by atoms with van der Waals surface area (Å²) in [5, 5.41) is 0. The highest BCUT2D eigenvalue weighted by atomic mass is 16.1. The highest BCUT2D eigenvalue weighted by Crippen LogP contribution is 2.32. The van der Waals surface area contributed by atoms with Crippen LogP contribution in [0.5, 0.6) is 0 Å². The molecule has 0 spiro atoms. The second-order valence-electron chi connectivity index (χ2n) is 6.19. The second-order valence-corrected chi connectivity index (χ2v) is 6.19. The molecule has 2 heteroatoms.